The summed E-state index contributed by atoms with van der Waals surface area (Å²) in [5, 5.41) is 6.13. The number of hydrogen-bond acceptors (Lipinski definition) is 4. The molecule has 3 rings (SSSR count). The van der Waals surface area contributed by atoms with Gasteiger partial charge in [-0.2, -0.15) is 0 Å². The number of Topliss-reactive ketones (excluding diaryl/α,β-unsaturated/α-hetero) is 1. The Bertz CT molecular complexity index is 727. The van der Waals surface area contributed by atoms with Gasteiger partial charge in [-0.1, -0.05) is 24.3 Å². The van der Waals surface area contributed by atoms with Gasteiger partial charge in [0.15, 0.2) is 5.78 Å². The largest absolute Gasteiger partial charge is 0.355 e. The number of benzene rings is 1. The first-order chi connectivity index (χ1) is 12.1. The molecule has 1 amide bonds. The Morgan fingerprint density at radius 1 is 1.36 bits per heavy atom. The van der Waals surface area contributed by atoms with Crippen molar-refractivity contribution in [3.8, 4) is 0 Å². The molecule has 0 aliphatic carbocycles. The first-order valence-corrected chi connectivity index (χ1v) is 8.72. The lowest BCUT2D eigenvalue weighted by molar-refractivity contribution is -0.122. The molecule has 6 heteroatoms. The lowest BCUT2D eigenvalue weighted by Gasteiger charge is -2.12. The molecule has 1 fully saturated rings. The van der Waals surface area contributed by atoms with Crippen molar-refractivity contribution in [3.05, 3.63) is 54.1 Å². The standard InChI is InChI=1S/C19H24N4O2/c1-14-5-2-3-6-16(14)18(24)15-11-17(22-12-15)19(25)21-7-4-9-23-10-8-20-13-23/h2-3,5-6,8,10,13,15,17,22H,4,7,9,11-12H2,1H3,(H,21,25). The van der Waals surface area contributed by atoms with E-state index in [4.69, 9.17) is 0 Å². The van der Waals surface area contributed by atoms with Crippen molar-refractivity contribution in [1.82, 2.24) is 20.2 Å². The summed E-state index contributed by atoms with van der Waals surface area (Å²) in [7, 11) is 0. The first kappa shape index (κ1) is 17.4. The molecule has 1 aliphatic rings. The Labute approximate surface area is 147 Å². The Hall–Kier alpha value is -2.47. The molecule has 2 aromatic rings. The van der Waals surface area contributed by atoms with E-state index in [0.29, 0.717) is 19.5 Å². The van der Waals surface area contributed by atoms with Crippen LogP contribution in [0.3, 0.4) is 0 Å². The molecule has 0 bridgehead atoms. The molecule has 6 nitrogen and oxygen atoms in total. The second kappa shape index (κ2) is 8.07. The molecule has 2 N–H and O–H groups in total. The van der Waals surface area contributed by atoms with Crippen LogP contribution >= 0.6 is 0 Å². The molecule has 2 unspecified atom stereocenters. The number of nitrogens with zero attached hydrogens (tertiary/aromatic N) is 2. The van der Waals surface area contributed by atoms with Crippen LogP contribution in [-0.4, -0.2) is 40.4 Å². The highest BCUT2D eigenvalue weighted by Crippen LogP contribution is 2.21. The number of rotatable bonds is 7. The summed E-state index contributed by atoms with van der Waals surface area (Å²) in [6.07, 6.45) is 6.82. The molecule has 0 radical (unpaired) electrons. The van der Waals surface area contributed by atoms with E-state index in [0.717, 1.165) is 24.1 Å². The van der Waals surface area contributed by atoms with Gasteiger partial charge in [-0.3, -0.25) is 9.59 Å². The van der Waals surface area contributed by atoms with Gasteiger partial charge in [0.1, 0.15) is 0 Å². The maximum Gasteiger partial charge on any atom is 0.237 e. The van der Waals surface area contributed by atoms with Gasteiger partial charge in [-0.15, -0.1) is 0 Å². The molecular weight excluding hydrogens is 316 g/mol. The normalized spacial score (nSPS) is 19.7. The van der Waals surface area contributed by atoms with Gasteiger partial charge in [-0.25, -0.2) is 4.98 Å². The van der Waals surface area contributed by atoms with Crippen LogP contribution in [0.25, 0.3) is 0 Å². The minimum atomic E-state index is -0.286. The van der Waals surface area contributed by atoms with Crippen molar-refractivity contribution in [2.45, 2.75) is 32.4 Å². The van der Waals surface area contributed by atoms with Gasteiger partial charge < -0.3 is 15.2 Å². The Balaban J connectivity index is 1.44. The van der Waals surface area contributed by atoms with Crippen molar-refractivity contribution in [2.24, 2.45) is 5.92 Å². The maximum absolute atomic E-state index is 12.6. The maximum atomic E-state index is 12.6. The van der Waals surface area contributed by atoms with Crippen LogP contribution in [0.4, 0.5) is 0 Å². The average molecular weight is 340 g/mol. The fourth-order valence-electron chi connectivity index (χ4n) is 3.22. The van der Waals surface area contributed by atoms with E-state index in [2.05, 4.69) is 15.6 Å². The Kier molecular flexibility index (Phi) is 5.60. The highest BCUT2D eigenvalue weighted by Gasteiger charge is 2.34. The van der Waals surface area contributed by atoms with Crippen molar-refractivity contribution in [1.29, 1.82) is 0 Å². The van der Waals surface area contributed by atoms with Crippen LogP contribution in [0, 0.1) is 12.8 Å². The third-order valence-corrected chi connectivity index (χ3v) is 4.68. The number of imidazole rings is 1. The molecule has 0 saturated carbocycles. The van der Waals surface area contributed by atoms with Gasteiger partial charge >= 0.3 is 0 Å². The summed E-state index contributed by atoms with van der Waals surface area (Å²) in [5.41, 5.74) is 1.75. The quantitative estimate of drug-likeness (QED) is 0.592. The number of aryl methyl sites for hydroxylation is 2. The number of carbonyl (C=O) groups is 2. The number of nitrogens with one attached hydrogen (secondary N) is 2. The molecule has 0 spiro atoms. The Morgan fingerprint density at radius 2 is 2.20 bits per heavy atom. The lowest BCUT2D eigenvalue weighted by Crippen LogP contribution is -2.40. The zero-order valence-corrected chi connectivity index (χ0v) is 14.4. The fourth-order valence-corrected chi connectivity index (χ4v) is 3.22. The van der Waals surface area contributed by atoms with E-state index in [9.17, 15) is 9.59 Å². The lowest BCUT2D eigenvalue weighted by atomic mass is 9.92. The van der Waals surface area contributed by atoms with Crippen LogP contribution < -0.4 is 10.6 Å². The minimum absolute atomic E-state index is 0.0225. The summed E-state index contributed by atoms with van der Waals surface area (Å²) < 4.78 is 1.98. The van der Waals surface area contributed by atoms with Crippen LogP contribution in [0.1, 0.15) is 28.8 Å². The van der Waals surface area contributed by atoms with Gasteiger partial charge in [-0.05, 0) is 25.3 Å². The second-order valence-electron chi connectivity index (χ2n) is 6.52. The predicted molar refractivity (Wildman–Crippen MR) is 95.3 cm³/mol. The van der Waals surface area contributed by atoms with Crippen LogP contribution in [0.5, 0.6) is 0 Å². The molecular formula is C19H24N4O2. The van der Waals surface area contributed by atoms with E-state index in [-0.39, 0.29) is 23.7 Å². The topological polar surface area (TPSA) is 76.0 Å². The number of hydrogen-bond donors (Lipinski definition) is 2. The molecule has 132 valence electrons. The molecule has 2 heterocycles. The summed E-state index contributed by atoms with van der Waals surface area (Å²) in [6, 6.07) is 7.33. The average Bonchev–Trinajstić information content (AvgIpc) is 3.30. The van der Waals surface area contributed by atoms with Crippen LogP contribution in [-0.2, 0) is 11.3 Å². The van der Waals surface area contributed by atoms with Gasteiger partial charge in [0.05, 0.1) is 12.4 Å². The summed E-state index contributed by atoms with van der Waals surface area (Å²) >= 11 is 0. The summed E-state index contributed by atoms with van der Waals surface area (Å²) in [5.74, 6) is -0.0329. The van der Waals surface area contributed by atoms with E-state index in [1.165, 1.54) is 0 Å². The smallest absolute Gasteiger partial charge is 0.237 e. The SMILES string of the molecule is Cc1ccccc1C(=O)C1CNC(C(=O)NCCCn2ccnc2)C1. The first-order valence-electron chi connectivity index (χ1n) is 8.72. The minimum Gasteiger partial charge on any atom is -0.355 e. The van der Waals surface area contributed by atoms with Gasteiger partial charge in [0.25, 0.3) is 0 Å². The van der Waals surface area contributed by atoms with E-state index in [1.54, 1.807) is 12.5 Å². The molecule has 2 atom stereocenters. The van der Waals surface area contributed by atoms with Crippen molar-refractivity contribution >= 4 is 11.7 Å². The number of amides is 1. The molecule has 1 aromatic carbocycles. The summed E-state index contributed by atoms with van der Waals surface area (Å²) in [4.78, 5) is 28.9. The second-order valence-corrected chi connectivity index (χ2v) is 6.52. The highest BCUT2D eigenvalue weighted by molar-refractivity contribution is 6.00. The molecule has 25 heavy (non-hydrogen) atoms. The number of aromatic nitrogens is 2. The van der Waals surface area contributed by atoms with Gasteiger partial charge in [0, 0.05) is 43.5 Å². The van der Waals surface area contributed by atoms with Crippen molar-refractivity contribution < 1.29 is 9.59 Å². The van der Waals surface area contributed by atoms with E-state index in [1.807, 2.05) is 42.0 Å². The highest BCUT2D eigenvalue weighted by atomic mass is 16.2. The zero-order chi connectivity index (χ0) is 17.6. The third kappa shape index (κ3) is 4.33. The molecule has 1 aliphatic heterocycles. The Morgan fingerprint density at radius 3 is 2.96 bits per heavy atom. The van der Waals surface area contributed by atoms with Crippen LogP contribution in [0.2, 0.25) is 0 Å². The predicted octanol–water partition coefficient (Wildman–Crippen LogP) is 1.56. The summed E-state index contributed by atoms with van der Waals surface area (Å²) in [6.45, 7) is 3.94. The third-order valence-electron chi connectivity index (χ3n) is 4.68. The molecule has 1 saturated heterocycles. The van der Waals surface area contributed by atoms with Crippen molar-refractivity contribution in [3.63, 3.8) is 0 Å². The fraction of sp³-hybridized carbons (Fsp3) is 0.421. The van der Waals surface area contributed by atoms with Gasteiger partial charge in [0.2, 0.25) is 5.91 Å². The molecule has 1 aromatic heterocycles. The monoisotopic (exact) mass is 340 g/mol. The van der Waals surface area contributed by atoms with Crippen molar-refractivity contribution in [2.75, 3.05) is 13.1 Å². The van der Waals surface area contributed by atoms with E-state index < -0.39 is 0 Å². The van der Waals surface area contributed by atoms with Crippen LogP contribution in [0.15, 0.2) is 43.0 Å². The zero-order valence-electron chi connectivity index (χ0n) is 14.4. The van der Waals surface area contributed by atoms with E-state index >= 15 is 0 Å². The number of ketones is 1. The number of carbonyl (C=O) groups excluding carboxylic acids is 2.